The molecule has 0 saturated carbocycles. The molecular formula is C27H25ClF2N4O2. The van der Waals surface area contributed by atoms with Crippen LogP contribution >= 0.6 is 11.6 Å². The third-order valence-corrected chi connectivity index (χ3v) is 6.05. The van der Waals surface area contributed by atoms with Crippen molar-refractivity contribution in [3.8, 4) is 11.3 Å². The molecule has 0 bridgehead atoms. The van der Waals surface area contributed by atoms with Crippen molar-refractivity contribution >= 4 is 40.0 Å². The summed E-state index contributed by atoms with van der Waals surface area (Å²) in [6.07, 6.45) is 1.35. The van der Waals surface area contributed by atoms with E-state index in [1.165, 1.54) is 12.3 Å². The van der Waals surface area contributed by atoms with Crippen LogP contribution in [0.1, 0.15) is 35.5 Å². The predicted octanol–water partition coefficient (Wildman–Crippen LogP) is 5.98. The molecule has 2 amide bonds. The number of amides is 2. The predicted molar refractivity (Wildman–Crippen MR) is 137 cm³/mol. The summed E-state index contributed by atoms with van der Waals surface area (Å²) in [5.41, 5.74) is 1.82. The molecule has 0 saturated heterocycles. The number of nitrogens with one attached hydrogen (secondary N) is 2. The van der Waals surface area contributed by atoms with Gasteiger partial charge < -0.3 is 15.2 Å². The first kappa shape index (κ1) is 25.3. The van der Waals surface area contributed by atoms with Gasteiger partial charge in [-0.2, -0.15) is 0 Å². The van der Waals surface area contributed by atoms with Crippen LogP contribution in [0.2, 0.25) is 5.02 Å². The van der Waals surface area contributed by atoms with Gasteiger partial charge in [0.15, 0.2) is 5.67 Å². The molecule has 0 aliphatic heterocycles. The lowest BCUT2D eigenvalue weighted by Gasteiger charge is -2.15. The van der Waals surface area contributed by atoms with Crippen LogP contribution in [-0.4, -0.2) is 27.0 Å². The van der Waals surface area contributed by atoms with Crippen LogP contribution in [0.5, 0.6) is 0 Å². The van der Waals surface area contributed by atoms with Gasteiger partial charge in [0.25, 0.3) is 11.8 Å². The Bertz CT molecular complexity index is 1460. The molecule has 2 N–H and O–H groups in total. The first-order chi connectivity index (χ1) is 17.1. The molecule has 0 atom stereocenters. The van der Waals surface area contributed by atoms with E-state index in [2.05, 4.69) is 15.6 Å². The quantitative estimate of drug-likeness (QED) is 0.321. The van der Waals surface area contributed by atoms with Crippen molar-refractivity contribution in [1.82, 2.24) is 14.9 Å². The Hall–Kier alpha value is -3.78. The van der Waals surface area contributed by atoms with Gasteiger partial charge in [0, 0.05) is 47.1 Å². The average molecular weight is 511 g/mol. The van der Waals surface area contributed by atoms with Gasteiger partial charge in [0.1, 0.15) is 6.67 Å². The molecule has 186 valence electrons. The highest BCUT2D eigenvalue weighted by atomic mass is 35.5. The molecule has 0 aliphatic rings. The Labute approximate surface area is 212 Å². The normalized spacial score (nSPS) is 11.5. The number of nitrogens with zero attached hydrogens (tertiary/aromatic N) is 2. The van der Waals surface area contributed by atoms with Crippen LogP contribution in [0.4, 0.5) is 14.5 Å². The molecule has 36 heavy (non-hydrogen) atoms. The van der Waals surface area contributed by atoms with Gasteiger partial charge in [0.2, 0.25) is 0 Å². The van der Waals surface area contributed by atoms with E-state index >= 15 is 0 Å². The SMILES string of the molecule is Cn1c(-c2cccc(Cl)c2)cc2cc(NC(=O)c3cc(CNC(=O)C(C)(C)F)cnc3CF)ccc21. The van der Waals surface area contributed by atoms with Crippen molar-refractivity contribution in [2.75, 3.05) is 5.32 Å². The first-order valence-corrected chi connectivity index (χ1v) is 11.6. The lowest BCUT2D eigenvalue weighted by Crippen LogP contribution is -2.38. The van der Waals surface area contributed by atoms with Crippen molar-refractivity contribution in [2.45, 2.75) is 32.7 Å². The van der Waals surface area contributed by atoms with Crippen LogP contribution in [0.25, 0.3) is 22.2 Å². The maximum Gasteiger partial charge on any atom is 0.257 e. The fourth-order valence-corrected chi connectivity index (χ4v) is 4.07. The maximum atomic E-state index is 13.8. The molecule has 4 rings (SSSR count). The van der Waals surface area contributed by atoms with Gasteiger partial charge in [-0.05, 0) is 67.4 Å². The summed E-state index contributed by atoms with van der Waals surface area (Å²) in [6.45, 7) is 1.31. The minimum Gasteiger partial charge on any atom is -0.349 e. The summed E-state index contributed by atoms with van der Waals surface area (Å²) in [7, 11) is 1.95. The van der Waals surface area contributed by atoms with Gasteiger partial charge in [0.05, 0.1) is 11.3 Å². The summed E-state index contributed by atoms with van der Waals surface area (Å²) in [4.78, 5) is 28.8. The number of hydrogen-bond acceptors (Lipinski definition) is 3. The van der Waals surface area contributed by atoms with Crippen LogP contribution in [0.15, 0.2) is 60.8 Å². The van der Waals surface area contributed by atoms with Gasteiger partial charge in [-0.1, -0.05) is 23.7 Å². The second kappa shape index (κ2) is 10.1. The Kier molecular flexibility index (Phi) is 7.08. The van der Waals surface area contributed by atoms with Crippen molar-refractivity contribution in [3.63, 3.8) is 0 Å². The zero-order valence-electron chi connectivity index (χ0n) is 20.0. The van der Waals surface area contributed by atoms with E-state index in [0.29, 0.717) is 16.3 Å². The number of aromatic nitrogens is 2. The molecule has 0 unspecified atom stereocenters. The van der Waals surface area contributed by atoms with E-state index in [1.54, 1.807) is 6.07 Å². The molecule has 6 nitrogen and oxygen atoms in total. The van der Waals surface area contributed by atoms with Gasteiger partial charge >= 0.3 is 0 Å². The number of carbonyl (C=O) groups excluding carboxylic acids is 2. The number of halogens is 3. The zero-order valence-corrected chi connectivity index (χ0v) is 20.8. The van der Waals surface area contributed by atoms with Crippen molar-refractivity contribution in [3.05, 3.63) is 82.6 Å². The van der Waals surface area contributed by atoms with Gasteiger partial charge in [-0.15, -0.1) is 0 Å². The molecule has 2 aromatic heterocycles. The van der Waals surface area contributed by atoms with Crippen molar-refractivity contribution in [2.24, 2.45) is 7.05 Å². The molecule has 0 aliphatic carbocycles. The lowest BCUT2D eigenvalue weighted by atomic mass is 10.1. The number of anilines is 1. The molecule has 0 fully saturated rings. The molecule has 2 heterocycles. The van der Waals surface area contributed by atoms with Crippen molar-refractivity contribution in [1.29, 1.82) is 0 Å². The van der Waals surface area contributed by atoms with Gasteiger partial charge in [-0.25, -0.2) is 8.78 Å². The van der Waals surface area contributed by atoms with E-state index in [-0.39, 0.29) is 17.8 Å². The summed E-state index contributed by atoms with van der Waals surface area (Å²) in [5, 5.41) is 6.78. The number of aryl methyl sites for hydroxylation is 1. The molecule has 4 aromatic rings. The number of alkyl halides is 2. The van der Waals surface area contributed by atoms with E-state index in [4.69, 9.17) is 11.6 Å². The molecule has 0 spiro atoms. The third kappa shape index (κ3) is 5.39. The smallest absolute Gasteiger partial charge is 0.257 e. The lowest BCUT2D eigenvalue weighted by molar-refractivity contribution is -0.130. The number of benzene rings is 2. The maximum absolute atomic E-state index is 13.8. The Morgan fingerprint density at radius 2 is 1.89 bits per heavy atom. The average Bonchev–Trinajstić information content (AvgIpc) is 3.17. The van der Waals surface area contributed by atoms with Crippen LogP contribution in [0.3, 0.4) is 0 Å². The fourth-order valence-electron chi connectivity index (χ4n) is 3.88. The monoisotopic (exact) mass is 510 g/mol. The Morgan fingerprint density at radius 3 is 2.58 bits per heavy atom. The third-order valence-electron chi connectivity index (χ3n) is 5.81. The first-order valence-electron chi connectivity index (χ1n) is 11.2. The number of carbonyl (C=O) groups is 2. The van der Waals surface area contributed by atoms with E-state index in [9.17, 15) is 18.4 Å². The fraction of sp³-hybridized carbons (Fsp3) is 0.222. The molecule has 9 heteroatoms. The minimum atomic E-state index is -2.05. The molecular weight excluding hydrogens is 486 g/mol. The van der Waals surface area contributed by atoms with Crippen LogP contribution < -0.4 is 10.6 Å². The number of hydrogen-bond donors (Lipinski definition) is 2. The Morgan fingerprint density at radius 1 is 1.11 bits per heavy atom. The number of pyridine rings is 1. The Balaban J connectivity index is 1.57. The molecule has 2 aromatic carbocycles. The second-order valence-corrected chi connectivity index (χ2v) is 9.39. The summed E-state index contributed by atoms with van der Waals surface area (Å²) in [6, 6.07) is 16.5. The minimum absolute atomic E-state index is 0.0302. The summed E-state index contributed by atoms with van der Waals surface area (Å²) in [5.74, 6) is -1.34. The summed E-state index contributed by atoms with van der Waals surface area (Å²) < 4.78 is 29.4. The van der Waals surface area contributed by atoms with Crippen LogP contribution in [0, 0.1) is 0 Å². The molecule has 0 radical (unpaired) electrons. The van der Waals surface area contributed by atoms with Crippen LogP contribution in [-0.2, 0) is 25.1 Å². The van der Waals surface area contributed by atoms with Crippen molar-refractivity contribution < 1.29 is 18.4 Å². The second-order valence-electron chi connectivity index (χ2n) is 8.95. The highest BCUT2D eigenvalue weighted by Crippen LogP contribution is 2.30. The topological polar surface area (TPSA) is 76.0 Å². The number of fused-ring (bicyclic) bond motifs is 1. The zero-order chi connectivity index (χ0) is 26.0. The number of rotatable bonds is 7. The largest absolute Gasteiger partial charge is 0.349 e. The van der Waals surface area contributed by atoms with E-state index < -0.39 is 24.2 Å². The van der Waals surface area contributed by atoms with Gasteiger partial charge in [-0.3, -0.25) is 14.6 Å². The summed E-state index contributed by atoms with van der Waals surface area (Å²) >= 11 is 6.15. The van der Waals surface area contributed by atoms with E-state index in [0.717, 1.165) is 36.0 Å². The standard InChI is InChI=1S/C27H25ClF2N4O2/c1-27(2,30)26(36)32-15-16-9-21(22(13-29)31-14-16)25(35)33-20-7-8-23-18(11-20)12-24(34(23)3)17-5-4-6-19(28)10-17/h4-12,14H,13,15H2,1-3H3,(H,32,36)(H,33,35). The highest BCUT2D eigenvalue weighted by molar-refractivity contribution is 6.30. The highest BCUT2D eigenvalue weighted by Gasteiger charge is 2.26. The van der Waals surface area contributed by atoms with E-state index in [1.807, 2.05) is 54.1 Å².